The molecule has 1 N–H and O–H groups in total. The Morgan fingerprint density at radius 3 is 2.58 bits per heavy atom. The van der Waals surface area contributed by atoms with Gasteiger partial charge < -0.3 is 0 Å². The Kier molecular flexibility index (Phi) is 4.42. The summed E-state index contributed by atoms with van der Waals surface area (Å²) in [5.41, 5.74) is 2.14. The summed E-state index contributed by atoms with van der Waals surface area (Å²) in [7, 11) is 0. The van der Waals surface area contributed by atoms with E-state index in [1.165, 1.54) is 4.90 Å². The molecule has 0 aliphatic carbocycles. The van der Waals surface area contributed by atoms with E-state index in [4.69, 9.17) is 23.8 Å². The van der Waals surface area contributed by atoms with Gasteiger partial charge in [-0.1, -0.05) is 11.6 Å². The summed E-state index contributed by atoms with van der Waals surface area (Å²) in [6.07, 6.45) is 4.81. The molecule has 0 spiro atoms. The van der Waals surface area contributed by atoms with Gasteiger partial charge in [-0.2, -0.15) is 0 Å². The maximum atomic E-state index is 12.8. The van der Waals surface area contributed by atoms with Crippen LogP contribution in [0.1, 0.15) is 11.1 Å². The van der Waals surface area contributed by atoms with Gasteiger partial charge in [-0.3, -0.25) is 24.8 Å². The van der Waals surface area contributed by atoms with Crippen molar-refractivity contribution in [2.75, 3.05) is 4.90 Å². The molecule has 0 bridgehead atoms. The Morgan fingerprint density at radius 1 is 1.21 bits per heavy atom. The summed E-state index contributed by atoms with van der Waals surface area (Å²) in [6, 6.07) is 8.38. The zero-order chi connectivity index (χ0) is 17.3. The summed E-state index contributed by atoms with van der Waals surface area (Å²) in [4.78, 5) is 30.3. The van der Waals surface area contributed by atoms with Crippen LogP contribution in [-0.2, 0) is 9.59 Å². The topological polar surface area (TPSA) is 62.3 Å². The van der Waals surface area contributed by atoms with Crippen LogP contribution in [0.25, 0.3) is 6.08 Å². The monoisotopic (exact) mass is 357 g/mol. The van der Waals surface area contributed by atoms with E-state index in [9.17, 15) is 9.59 Å². The van der Waals surface area contributed by atoms with Crippen LogP contribution in [0.15, 0.2) is 48.3 Å². The highest BCUT2D eigenvalue weighted by atomic mass is 35.5. The molecule has 0 unspecified atom stereocenters. The third kappa shape index (κ3) is 3.06. The maximum Gasteiger partial charge on any atom is 0.270 e. The first-order valence-electron chi connectivity index (χ1n) is 7.05. The normalized spacial score (nSPS) is 16.5. The van der Waals surface area contributed by atoms with Crippen LogP contribution in [0.3, 0.4) is 0 Å². The van der Waals surface area contributed by atoms with E-state index in [-0.39, 0.29) is 10.7 Å². The molecule has 3 rings (SSSR count). The van der Waals surface area contributed by atoms with Gasteiger partial charge in [0.1, 0.15) is 5.57 Å². The second-order valence-corrected chi connectivity index (χ2v) is 5.99. The molecule has 1 fully saturated rings. The van der Waals surface area contributed by atoms with Gasteiger partial charge in [-0.15, -0.1) is 0 Å². The molecule has 5 nitrogen and oxygen atoms in total. The van der Waals surface area contributed by atoms with Crippen LogP contribution in [0, 0.1) is 6.92 Å². The highest BCUT2D eigenvalue weighted by molar-refractivity contribution is 7.80. The van der Waals surface area contributed by atoms with Crippen molar-refractivity contribution < 1.29 is 9.59 Å². The van der Waals surface area contributed by atoms with Crippen LogP contribution < -0.4 is 10.2 Å². The number of anilines is 1. The molecule has 0 saturated carbocycles. The van der Waals surface area contributed by atoms with E-state index >= 15 is 0 Å². The minimum atomic E-state index is -0.522. The molecule has 1 aliphatic heterocycles. The fourth-order valence-corrected chi connectivity index (χ4v) is 2.69. The molecule has 2 amide bonds. The van der Waals surface area contributed by atoms with E-state index in [0.717, 1.165) is 11.1 Å². The number of nitrogens with zero attached hydrogens (tertiary/aromatic N) is 2. The number of pyridine rings is 1. The lowest BCUT2D eigenvalue weighted by Crippen LogP contribution is -2.54. The third-order valence-corrected chi connectivity index (χ3v) is 4.09. The zero-order valence-corrected chi connectivity index (χ0v) is 14.2. The highest BCUT2D eigenvalue weighted by Crippen LogP contribution is 2.24. The molecule has 120 valence electrons. The molecular weight excluding hydrogens is 346 g/mol. The average molecular weight is 358 g/mol. The van der Waals surface area contributed by atoms with Crippen molar-refractivity contribution in [3.63, 3.8) is 0 Å². The van der Waals surface area contributed by atoms with Crippen LogP contribution in [-0.4, -0.2) is 21.9 Å². The smallest absolute Gasteiger partial charge is 0.270 e. The van der Waals surface area contributed by atoms with Crippen molar-refractivity contribution in [3.05, 3.63) is 64.4 Å². The predicted molar refractivity (Wildman–Crippen MR) is 96.6 cm³/mol. The van der Waals surface area contributed by atoms with Crippen molar-refractivity contribution in [2.24, 2.45) is 0 Å². The second kappa shape index (κ2) is 6.51. The number of carbonyl (C=O) groups is 2. The van der Waals surface area contributed by atoms with Crippen molar-refractivity contribution in [3.8, 4) is 0 Å². The first-order chi connectivity index (χ1) is 11.5. The molecule has 1 aliphatic rings. The Morgan fingerprint density at radius 2 is 1.92 bits per heavy atom. The van der Waals surface area contributed by atoms with Crippen molar-refractivity contribution in [2.45, 2.75) is 6.92 Å². The lowest BCUT2D eigenvalue weighted by atomic mass is 10.0. The molecular formula is C17H12ClN3O2S. The molecule has 7 heteroatoms. The number of halogens is 1. The van der Waals surface area contributed by atoms with Crippen molar-refractivity contribution in [1.82, 2.24) is 10.3 Å². The summed E-state index contributed by atoms with van der Waals surface area (Å²) in [5.74, 6) is -1.01. The Hall–Kier alpha value is -2.57. The Balaban J connectivity index is 2.03. The number of amides is 2. The SMILES string of the molecule is Cc1cnccc1C=C1C(=O)NC(=S)N(c2ccc(Cl)cc2)C1=O. The standard InChI is InChI=1S/C17H12ClN3O2S/c1-10-9-19-7-6-11(10)8-14-15(22)20-17(24)21(16(14)23)13-4-2-12(18)3-5-13/h2-9H,1H3,(H,20,22,24). The lowest BCUT2D eigenvalue weighted by Gasteiger charge is -2.29. The lowest BCUT2D eigenvalue weighted by molar-refractivity contribution is -0.122. The van der Waals surface area contributed by atoms with Crippen molar-refractivity contribution >= 4 is 52.5 Å². The van der Waals surface area contributed by atoms with Gasteiger partial charge >= 0.3 is 0 Å². The predicted octanol–water partition coefficient (Wildman–Crippen LogP) is 2.87. The number of carbonyl (C=O) groups excluding carboxylic acids is 2. The molecule has 24 heavy (non-hydrogen) atoms. The second-order valence-electron chi connectivity index (χ2n) is 5.17. The number of aryl methyl sites for hydroxylation is 1. The number of benzene rings is 1. The summed E-state index contributed by atoms with van der Waals surface area (Å²) >= 11 is 11.0. The van der Waals surface area contributed by atoms with E-state index in [2.05, 4.69) is 10.3 Å². The summed E-state index contributed by atoms with van der Waals surface area (Å²) in [5, 5.41) is 3.12. The van der Waals surface area contributed by atoms with Crippen LogP contribution in [0.2, 0.25) is 5.02 Å². The molecule has 2 aromatic rings. The van der Waals surface area contributed by atoms with Gasteiger partial charge in [-0.05, 0) is 66.7 Å². The van der Waals surface area contributed by atoms with E-state index < -0.39 is 11.8 Å². The Labute approximate surface area is 148 Å². The number of hydrogen-bond donors (Lipinski definition) is 1. The first-order valence-corrected chi connectivity index (χ1v) is 7.83. The quantitative estimate of drug-likeness (QED) is 0.510. The third-order valence-electron chi connectivity index (χ3n) is 3.55. The fraction of sp³-hybridized carbons (Fsp3) is 0.0588. The average Bonchev–Trinajstić information content (AvgIpc) is 2.54. The Bertz CT molecular complexity index is 878. The maximum absolute atomic E-state index is 12.8. The van der Waals surface area contributed by atoms with Gasteiger partial charge in [0.05, 0.1) is 5.69 Å². The number of nitrogens with one attached hydrogen (secondary N) is 1. The number of aromatic nitrogens is 1. The molecule has 0 atom stereocenters. The molecule has 0 radical (unpaired) electrons. The number of hydrogen-bond acceptors (Lipinski definition) is 4. The largest absolute Gasteiger partial charge is 0.298 e. The summed E-state index contributed by atoms with van der Waals surface area (Å²) in [6.45, 7) is 1.85. The molecule has 1 aromatic carbocycles. The van der Waals surface area contributed by atoms with Gasteiger partial charge in [-0.25, -0.2) is 0 Å². The van der Waals surface area contributed by atoms with Gasteiger partial charge in [0, 0.05) is 17.4 Å². The van der Waals surface area contributed by atoms with E-state index in [1.807, 2.05) is 6.92 Å². The fourth-order valence-electron chi connectivity index (χ4n) is 2.28. The molecule has 2 heterocycles. The van der Waals surface area contributed by atoms with Gasteiger partial charge in [0.2, 0.25) is 0 Å². The molecule has 1 aromatic heterocycles. The first kappa shape index (κ1) is 16.3. The van der Waals surface area contributed by atoms with Crippen LogP contribution in [0.5, 0.6) is 0 Å². The van der Waals surface area contributed by atoms with E-state index in [0.29, 0.717) is 10.7 Å². The number of rotatable bonds is 2. The molecule has 1 saturated heterocycles. The van der Waals surface area contributed by atoms with Crippen LogP contribution >= 0.6 is 23.8 Å². The highest BCUT2D eigenvalue weighted by Gasteiger charge is 2.34. The minimum Gasteiger partial charge on any atom is -0.298 e. The zero-order valence-electron chi connectivity index (χ0n) is 12.6. The minimum absolute atomic E-state index is 0.00727. The van der Waals surface area contributed by atoms with Gasteiger partial charge in [0.25, 0.3) is 11.8 Å². The van der Waals surface area contributed by atoms with Gasteiger partial charge in [0.15, 0.2) is 5.11 Å². The summed E-state index contributed by atoms with van der Waals surface area (Å²) < 4.78 is 0. The van der Waals surface area contributed by atoms with E-state index in [1.54, 1.807) is 48.8 Å². The van der Waals surface area contributed by atoms with Crippen molar-refractivity contribution in [1.29, 1.82) is 0 Å². The van der Waals surface area contributed by atoms with Crippen LogP contribution in [0.4, 0.5) is 5.69 Å². The number of thiocarbonyl (C=S) groups is 1.